The summed E-state index contributed by atoms with van der Waals surface area (Å²) < 4.78 is 47.9. The zero-order valence-electron chi connectivity index (χ0n) is 9.97. The molecule has 0 aliphatic carbocycles. The van der Waals surface area contributed by atoms with Crippen LogP contribution in [0.2, 0.25) is 0 Å². The van der Waals surface area contributed by atoms with E-state index in [9.17, 15) is 22.0 Å². The summed E-state index contributed by atoms with van der Waals surface area (Å²) in [5, 5.41) is 2.30. The van der Waals surface area contributed by atoms with Crippen molar-refractivity contribution in [3.63, 3.8) is 0 Å². The van der Waals surface area contributed by atoms with Gasteiger partial charge in [-0.25, -0.2) is 8.42 Å². The molecule has 8 heteroatoms. The minimum absolute atomic E-state index is 0.0968. The molecule has 0 saturated carbocycles. The third-order valence-corrected chi connectivity index (χ3v) is 3.75. The molecule has 1 aromatic rings. The second kappa shape index (κ2) is 6.58. The molecule has 19 heavy (non-hydrogen) atoms. The molecule has 0 aliphatic heterocycles. The highest BCUT2D eigenvalue weighted by Crippen LogP contribution is 2.26. The lowest BCUT2D eigenvalue weighted by Crippen LogP contribution is -2.18. The molecule has 1 aromatic carbocycles. The average Bonchev–Trinajstić information content (AvgIpc) is 2.36. The Morgan fingerprint density at radius 1 is 1.32 bits per heavy atom. The SMILES string of the molecule is NCCCC(=O)Nc1ccccc1S(=O)(=O)C(F)F. The standard InChI is InChI=1S/C11H14F2N2O3S/c12-11(13)19(17,18)9-5-2-1-4-8(9)15-10(16)6-3-7-14/h1-2,4-5,11H,3,6-7,14H2,(H,15,16). The molecule has 1 amide bonds. The molecule has 0 radical (unpaired) electrons. The highest BCUT2D eigenvalue weighted by molar-refractivity contribution is 7.91. The molecule has 0 saturated heterocycles. The molecule has 0 aromatic heterocycles. The maximum atomic E-state index is 12.5. The van der Waals surface area contributed by atoms with E-state index in [0.29, 0.717) is 13.0 Å². The molecular weight excluding hydrogens is 278 g/mol. The molecular formula is C11H14F2N2O3S. The first kappa shape index (κ1) is 15.5. The lowest BCUT2D eigenvalue weighted by atomic mass is 10.2. The molecule has 0 bridgehead atoms. The van der Waals surface area contributed by atoms with Gasteiger partial charge in [0.2, 0.25) is 15.7 Å². The zero-order valence-corrected chi connectivity index (χ0v) is 10.8. The van der Waals surface area contributed by atoms with Crippen LogP contribution in [0.5, 0.6) is 0 Å². The molecule has 0 spiro atoms. The van der Waals surface area contributed by atoms with Crippen molar-refractivity contribution in [3.8, 4) is 0 Å². The van der Waals surface area contributed by atoms with Crippen LogP contribution in [-0.2, 0) is 14.6 Å². The summed E-state index contributed by atoms with van der Waals surface area (Å²) in [7, 11) is -4.75. The van der Waals surface area contributed by atoms with Gasteiger partial charge >= 0.3 is 5.76 Å². The number of nitrogens with one attached hydrogen (secondary N) is 1. The van der Waals surface area contributed by atoms with Gasteiger partial charge in [-0.3, -0.25) is 4.79 Å². The Labute approximate surface area is 109 Å². The van der Waals surface area contributed by atoms with Crippen LogP contribution >= 0.6 is 0 Å². The second-order valence-corrected chi connectivity index (χ2v) is 5.63. The minimum atomic E-state index is -4.75. The van der Waals surface area contributed by atoms with Crippen molar-refractivity contribution in [2.24, 2.45) is 5.73 Å². The van der Waals surface area contributed by atoms with Crippen LogP contribution in [0.4, 0.5) is 14.5 Å². The molecule has 106 valence electrons. The van der Waals surface area contributed by atoms with Gasteiger partial charge in [-0.1, -0.05) is 12.1 Å². The minimum Gasteiger partial charge on any atom is -0.330 e. The van der Waals surface area contributed by atoms with Gasteiger partial charge in [-0.2, -0.15) is 8.78 Å². The van der Waals surface area contributed by atoms with E-state index in [-0.39, 0.29) is 12.1 Å². The van der Waals surface area contributed by atoms with Gasteiger partial charge in [0.05, 0.1) is 10.6 Å². The van der Waals surface area contributed by atoms with E-state index < -0.39 is 26.4 Å². The number of carbonyl (C=O) groups excluding carboxylic acids is 1. The van der Waals surface area contributed by atoms with E-state index in [1.54, 1.807) is 0 Å². The Morgan fingerprint density at radius 2 is 1.95 bits per heavy atom. The Balaban J connectivity index is 3.01. The number of carbonyl (C=O) groups is 1. The third-order valence-electron chi connectivity index (χ3n) is 2.31. The summed E-state index contributed by atoms with van der Waals surface area (Å²) in [5.41, 5.74) is 5.09. The van der Waals surface area contributed by atoms with Gasteiger partial charge in [0.15, 0.2) is 0 Å². The summed E-state index contributed by atoms with van der Waals surface area (Å²) >= 11 is 0. The summed E-state index contributed by atoms with van der Waals surface area (Å²) in [6, 6.07) is 5.05. The first-order chi connectivity index (χ1) is 8.89. The van der Waals surface area contributed by atoms with Gasteiger partial charge in [0.1, 0.15) is 0 Å². The Morgan fingerprint density at radius 3 is 2.53 bits per heavy atom. The number of amides is 1. The van der Waals surface area contributed by atoms with Crippen molar-refractivity contribution in [2.75, 3.05) is 11.9 Å². The Hall–Kier alpha value is -1.54. The van der Waals surface area contributed by atoms with Gasteiger partial charge in [0.25, 0.3) is 0 Å². The fourth-order valence-corrected chi connectivity index (χ4v) is 2.28. The summed E-state index contributed by atoms with van der Waals surface area (Å²) in [5.74, 6) is -4.00. The fraction of sp³-hybridized carbons (Fsp3) is 0.364. The number of anilines is 1. The number of hydrogen-bond donors (Lipinski definition) is 2. The summed E-state index contributed by atoms with van der Waals surface area (Å²) in [6.07, 6.45) is 0.523. The van der Waals surface area contributed by atoms with E-state index >= 15 is 0 Å². The average molecular weight is 292 g/mol. The Kier molecular flexibility index (Phi) is 5.37. The lowest BCUT2D eigenvalue weighted by Gasteiger charge is -2.11. The van der Waals surface area contributed by atoms with Crippen molar-refractivity contribution in [1.82, 2.24) is 0 Å². The largest absolute Gasteiger partial charge is 0.341 e. The van der Waals surface area contributed by atoms with Crippen LogP contribution in [0.3, 0.4) is 0 Å². The van der Waals surface area contributed by atoms with E-state index in [1.165, 1.54) is 18.2 Å². The molecule has 0 atom stereocenters. The first-order valence-corrected chi connectivity index (χ1v) is 7.05. The van der Waals surface area contributed by atoms with Crippen LogP contribution in [-0.4, -0.2) is 26.6 Å². The number of benzene rings is 1. The normalized spacial score (nSPS) is 11.6. The highest BCUT2D eigenvalue weighted by Gasteiger charge is 2.29. The molecule has 0 fully saturated rings. The second-order valence-electron chi connectivity index (χ2n) is 3.74. The maximum absolute atomic E-state index is 12.5. The van der Waals surface area contributed by atoms with E-state index in [0.717, 1.165) is 6.07 Å². The fourth-order valence-electron chi connectivity index (χ4n) is 1.39. The van der Waals surface area contributed by atoms with Crippen LogP contribution < -0.4 is 11.1 Å². The smallest absolute Gasteiger partial charge is 0.330 e. The van der Waals surface area contributed by atoms with Crippen molar-refractivity contribution in [2.45, 2.75) is 23.5 Å². The van der Waals surface area contributed by atoms with Crippen LogP contribution in [0.15, 0.2) is 29.2 Å². The topological polar surface area (TPSA) is 89.3 Å². The van der Waals surface area contributed by atoms with Crippen molar-refractivity contribution >= 4 is 21.4 Å². The van der Waals surface area contributed by atoms with E-state index in [1.807, 2.05) is 0 Å². The van der Waals surface area contributed by atoms with Crippen LogP contribution in [0.1, 0.15) is 12.8 Å². The number of nitrogens with two attached hydrogens (primary N) is 1. The lowest BCUT2D eigenvalue weighted by molar-refractivity contribution is -0.116. The molecule has 0 aliphatic rings. The summed E-state index contributed by atoms with van der Waals surface area (Å²) in [6.45, 7) is 0.310. The maximum Gasteiger partial charge on any atom is 0.341 e. The van der Waals surface area contributed by atoms with Crippen molar-refractivity contribution in [3.05, 3.63) is 24.3 Å². The zero-order chi connectivity index (χ0) is 14.5. The molecule has 3 N–H and O–H groups in total. The number of hydrogen-bond acceptors (Lipinski definition) is 4. The van der Waals surface area contributed by atoms with Gasteiger partial charge in [-0.15, -0.1) is 0 Å². The highest BCUT2D eigenvalue weighted by atomic mass is 32.2. The number of halogens is 2. The van der Waals surface area contributed by atoms with Gasteiger partial charge in [-0.05, 0) is 25.1 Å². The van der Waals surface area contributed by atoms with Crippen molar-refractivity contribution in [1.29, 1.82) is 0 Å². The summed E-state index contributed by atoms with van der Waals surface area (Å²) in [4.78, 5) is 10.9. The predicted octanol–water partition coefficient (Wildman–Crippen LogP) is 1.36. The Bertz CT molecular complexity index is 547. The quantitative estimate of drug-likeness (QED) is 0.828. The molecule has 1 rings (SSSR count). The van der Waals surface area contributed by atoms with Gasteiger partial charge in [0, 0.05) is 6.42 Å². The van der Waals surface area contributed by atoms with E-state index in [2.05, 4.69) is 5.32 Å². The number of para-hydroxylation sites is 1. The number of sulfone groups is 1. The van der Waals surface area contributed by atoms with E-state index in [4.69, 9.17) is 5.73 Å². The molecule has 0 unspecified atom stereocenters. The number of alkyl halides is 2. The van der Waals surface area contributed by atoms with Crippen LogP contribution in [0, 0.1) is 0 Å². The third kappa shape index (κ3) is 3.97. The number of rotatable bonds is 6. The molecule has 5 nitrogen and oxygen atoms in total. The van der Waals surface area contributed by atoms with Gasteiger partial charge < -0.3 is 11.1 Å². The van der Waals surface area contributed by atoms with Crippen molar-refractivity contribution < 1.29 is 22.0 Å². The first-order valence-electron chi connectivity index (χ1n) is 5.50. The monoisotopic (exact) mass is 292 g/mol. The predicted molar refractivity (Wildman–Crippen MR) is 66.5 cm³/mol. The van der Waals surface area contributed by atoms with Crippen LogP contribution in [0.25, 0.3) is 0 Å². The molecule has 0 heterocycles.